The van der Waals surface area contributed by atoms with Crippen LogP contribution in [0, 0.1) is 12.8 Å². The molecule has 0 radical (unpaired) electrons. The van der Waals surface area contributed by atoms with Gasteiger partial charge >= 0.3 is 5.25 Å². The number of halogens is 3. The zero-order chi connectivity index (χ0) is 14.3. The minimum Gasteiger partial charge on any atom is -0.317 e. The zero-order valence-electron chi connectivity index (χ0n) is 11.3. The van der Waals surface area contributed by atoms with Crippen LogP contribution in [0.4, 0.5) is 8.78 Å². The molecular weight excluding hydrogens is 312 g/mol. The van der Waals surface area contributed by atoms with Gasteiger partial charge in [0.1, 0.15) is 0 Å². The molecule has 1 aromatic heterocycles. The molecule has 1 aliphatic rings. The van der Waals surface area contributed by atoms with Crippen LogP contribution in [0.3, 0.4) is 0 Å². The summed E-state index contributed by atoms with van der Waals surface area (Å²) in [6.45, 7) is 2.40. The van der Waals surface area contributed by atoms with Crippen LogP contribution in [0.2, 0.25) is 0 Å². The number of alkyl halides is 2. The molecule has 2 heterocycles. The van der Waals surface area contributed by atoms with Gasteiger partial charge in [0, 0.05) is 13.0 Å². The number of hydrogen-bond donors (Lipinski definition) is 1. The Balaban J connectivity index is 0.00000200. The third-order valence-corrected chi connectivity index (χ3v) is 5.39. The van der Waals surface area contributed by atoms with Gasteiger partial charge < -0.3 is 5.32 Å². The molecule has 1 N–H and O–H groups in total. The average molecular weight is 330 g/mol. The van der Waals surface area contributed by atoms with E-state index in [9.17, 15) is 17.2 Å². The summed E-state index contributed by atoms with van der Waals surface area (Å²) >= 11 is 0. The highest BCUT2D eigenvalue weighted by molar-refractivity contribution is 7.92. The monoisotopic (exact) mass is 329 g/mol. The van der Waals surface area contributed by atoms with E-state index in [0.717, 1.165) is 4.68 Å². The molecule has 1 saturated heterocycles. The van der Waals surface area contributed by atoms with E-state index in [2.05, 4.69) is 10.4 Å². The quantitative estimate of drug-likeness (QED) is 0.913. The minimum absolute atomic E-state index is 0. The summed E-state index contributed by atoms with van der Waals surface area (Å²) in [6.07, 6.45) is 0.312. The molecule has 0 amide bonds. The van der Waals surface area contributed by atoms with Crippen molar-refractivity contribution in [2.75, 3.05) is 13.1 Å². The maximum atomic E-state index is 14.3. The molecule has 0 aliphatic carbocycles. The highest BCUT2D eigenvalue weighted by atomic mass is 35.5. The number of aromatic nitrogens is 2. The van der Waals surface area contributed by atoms with E-state index >= 15 is 0 Å². The largest absolute Gasteiger partial charge is 0.354 e. The van der Waals surface area contributed by atoms with E-state index < -0.39 is 26.0 Å². The molecule has 5 nitrogen and oxygen atoms in total. The van der Waals surface area contributed by atoms with Crippen LogP contribution in [0.1, 0.15) is 18.5 Å². The molecule has 0 unspecified atom stereocenters. The molecule has 1 fully saturated rings. The number of aryl methyl sites for hydroxylation is 2. The Labute approximate surface area is 123 Å². The van der Waals surface area contributed by atoms with Crippen molar-refractivity contribution in [3.05, 3.63) is 11.8 Å². The zero-order valence-corrected chi connectivity index (χ0v) is 12.9. The van der Waals surface area contributed by atoms with Crippen molar-refractivity contribution in [3.63, 3.8) is 0 Å². The normalized spacial score (nSPS) is 17.8. The molecule has 0 aromatic carbocycles. The van der Waals surface area contributed by atoms with E-state index in [0.29, 0.717) is 18.8 Å². The number of nitrogens with one attached hydrogen (secondary N) is 1. The summed E-state index contributed by atoms with van der Waals surface area (Å²) in [5.41, 5.74) is 0.405. The fourth-order valence-electron chi connectivity index (χ4n) is 2.36. The van der Waals surface area contributed by atoms with Gasteiger partial charge in [0.25, 0.3) is 9.84 Å². The molecule has 0 atom stereocenters. The maximum Gasteiger partial charge on any atom is 0.354 e. The second-order valence-corrected chi connectivity index (χ2v) is 6.81. The van der Waals surface area contributed by atoms with Crippen LogP contribution in [-0.2, 0) is 16.9 Å². The Morgan fingerprint density at radius 2 is 1.95 bits per heavy atom. The van der Waals surface area contributed by atoms with E-state index in [1.165, 1.54) is 13.1 Å². The van der Waals surface area contributed by atoms with Crippen LogP contribution >= 0.6 is 12.4 Å². The molecule has 20 heavy (non-hydrogen) atoms. The lowest BCUT2D eigenvalue weighted by Gasteiger charge is -2.29. The van der Waals surface area contributed by atoms with Crippen molar-refractivity contribution in [2.45, 2.75) is 30.0 Å². The Morgan fingerprint density at radius 3 is 2.40 bits per heavy atom. The van der Waals surface area contributed by atoms with E-state index in [4.69, 9.17) is 0 Å². The lowest BCUT2D eigenvalue weighted by Crippen LogP contribution is -2.43. The van der Waals surface area contributed by atoms with Gasteiger partial charge in [-0.05, 0) is 38.9 Å². The summed E-state index contributed by atoms with van der Waals surface area (Å²) in [7, 11) is -3.35. The summed E-state index contributed by atoms with van der Waals surface area (Å²) in [5, 5.41) is 2.60. The van der Waals surface area contributed by atoms with Gasteiger partial charge in [-0.1, -0.05) is 0 Å². The van der Waals surface area contributed by atoms with Crippen LogP contribution in [0.15, 0.2) is 11.1 Å². The third-order valence-electron chi connectivity index (χ3n) is 3.41. The van der Waals surface area contributed by atoms with E-state index in [1.807, 2.05) is 0 Å². The van der Waals surface area contributed by atoms with Gasteiger partial charge in [0.15, 0.2) is 5.03 Å². The minimum atomic E-state index is -4.71. The number of hydrogen-bond acceptors (Lipinski definition) is 4. The highest BCUT2D eigenvalue weighted by Gasteiger charge is 2.53. The van der Waals surface area contributed by atoms with Crippen molar-refractivity contribution in [1.82, 2.24) is 15.1 Å². The Bertz CT molecular complexity index is 568. The van der Waals surface area contributed by atoms with Gasteiger partial charge in [0.05, 0.1) is 5.69 Å². The summed E-state index contributed by atoms with van der Waals surface area (Å²) < 4.78 is 53.9. The third kappa shape index (κ3) is 2.82. The van der Waals surface area contributed by atoms with Gasteiger partial charge in [-0.3, -0.25) is 4.68 Å². The second-order valence-electron chi connectivity index (χ2n) is 4.84. The lowest BCUT2D eigenvalue weighted by molar-refractivity contribution is 0.0117. The number of nitrogens with zero attached hydrogens (tertiary/aromatic N) is 2. The Kier molecular flexibility index (Phi) is 5.15. The van der Waals surface area contributed by atoms with E-state index in [1.54, 1.807) is 6.92 Å². The molecule has 2 rings (SSSR count). The molecule has 0 saturated carbocycles. The number of rotatable bonds is 3. The molecule has 1 aromatic rings. The van der Waals surface area contributed by atoms with Crippen molar-refractivity contribution < 1.29 is 17.2 Å². The van der Waals surface area contributed by atoms with Crippen LogP contribution in [0.25, 0.3) is 0 Å². The first kappa shape index (κ1) is 17.3. The first-order valence-electron chi connectivity index (χ1n) is 6.10. The predicted octanol–water partition coefficient (Wildman–Crippen LogP) is 1.52. The smallest absolute Gasteiger partial charge is 0.317 e. The second kappa shape index (κ2) is 5.95. The molecule has 0 bridgehead atoms. The van der Waals surface area contributed by atoms with Gasteiger partial charge in [-0.15, -0.1) is 12.4 Å². The van der Waals surface area contributed by atoms with Crippen molar-refractivity contribution in [3.8, 4) is 0 Å². The lowest BCUT2D eigenvalue weighted by atomic mass is 9.99. The fraction of sp³-hybridized carbons (Fsp3) is 0.727. The topological polar surface area (TPSA) is 64.0 Å². The van der Waals surface area contributed by atoms with Crippen LogP contribution in [0.5, 0.6) is 0 Å². The summed E-state index contributed by atoms with van der Waals surface area (Å²) in [5.74, 6) is -1.14. The predicted molar refractivity (Wildman–Crippen MR) is 72.9 cm³/mol. The van der Waals surface area contributed by atoms with Crippen LogP contribution < -0.4 is 5.32 Å². The van der Waals surface area contributed by atoms with Crippen molar-refractivity contribution in [2.24, 2.45) is 13.0 Å². The SMILES string of the molecule is Cc1cc(S(=O)(=O)C(F)(F)C2CCNCC2)n(C)n1.Cl. The first-order chi connectivity index (χ1) is 8.76. The van der Waals surface area contributed by atoms with Crippen molar-refractivity contribution in [1.29, 1.82) is 0 Å². The molecule has 116 valence electrons. The number of sulfone groups is 1. The Morgan fingerprint density at radius 1 is 1.40 bits per heavy atom. The molecule has 1 aliphatic heterocycles. The molecule has 9 heteroatoms. The van der Waals surface area contributed by atoms with Gasteiger partial charge in [-0.25, -0.2) is 8.42 Å². The van der Waals surface area contributed by atoms with Crippen molar-refractivity contribution >= 4 is 22.2 Å². The summed E-state index contributed by atoms with van der Waals surface area (Å²) in [6, 6.07) is 1.18. The number of piperidine rings is 1. The maximum absolute atomic E-state index is 14.3. The van der Waals surface area contributed by atoms with E-state index in [-0.39, 0.29) is 25.2 Å². The standard InChI is InChI=1S/C11H17F2N3O2S.ClH/c1-8-7-10(16(2)15-8)19(17,18)11(12,13)9-3-5-14-6-4-9;/h7,9,14H,3-6H2,1-2H3;1H. The van der Waals surface area contributed by atoms with Crippen LogP contribution in [-0.4, -0.2) is 36.5 Å². The highest BCUT2D eigenvalue weighted by Crippen LogP contribution is 2.39. The molecular formula is C11H18ClF2N3O2S. The fourth-order valence-corrected chi connectivity index (χ4v) is 4.02. The first-order valence-corrected chi connectivity index (χ1v) is 7.59. The Hall–Kier alpha value is -0.730. The molecule has 0 spiro atoms. The average Bonchev–Trinajstić information content (AvgIpc) is 2.70. The summed E-state index contributed by atoms with van der Waals surface area (Å²) in [4.78, 5) is 0. The van der Waals surface area contributed by atoms with Gasteiger partial charge in [0.2, 0.25) is 0 Å². The van der Waals surface area contributed by atoms with Gasteiger partial charge in [-0.2, -0.15) is 13.9 Å².